The van der Waals surface area contributed by atoms with Gasteiger partial charge in [0.25, 0.3) is 5.91 Å². The minimum Gasteiger partial charge on any atom is -0.379 e. The number of hydrogen-bond donors (Lipinski definition) is 0. The third kappa shape index (κ3) is 6.08. The van der Waals surface area contributed by atoms with Crippen LogP contribution in [0.2, 0.25) is 5.02 Å². The van der Waals surface area contributed by atoms with Crippen LogP contribution in [0.25, 0.3) is 0 Å². The number of nitrogens with zero attached hydrogens (tertiary/aromatic N) is 4. The lowest BCUT2D eigenvalue weighted by Gasteiger charge is -2.32. The fourth-order valence-corrected chi connectivity index (χ4v) is 5.85. The maximum absolute atomic E-state index is 14.9. The summed E-state index contributed by atoms with van der Waals surface area (Å²) in [5, 5.41) is 6.55. The van der Waals surface area contributed by atoms with Crippen molar-refractivity contribution in [2.24, 2.45) is 11.0 Å². The van der Waals surface area contributed by atoms with Gasteiger partial charge in [0.05, 0.1) is 25.0 Å². The Morgan fingerprint density at radius 3 is 2.50 bits per heavy atom. The molecule has 9 heteroatoms. The molecule has 202 valence electrons. The Bertz CT molecular complexity index is 1180. The lowest BCUT2D eigenvalue weighted by molar-refractivity contribution is -0.144. The minimum absolute atomic E-state index is 0.0288. The summed E-state index contributed by atoms with van der Waals surface area (Å²) < 4.78 is 20.4. The number of carbonyl (C=O) groups excluding carboxylic acids is 2. The molecule has 1 aliphatic carbocycles. The molecule has 7 nitrogen and oxygen atoms in total. The predicted molar refractivity (Wildman–Crippen MR) is 144 cm³/mol. The average molecular weight is 541 g/mol. The largest absolute Gasteiger partial charge is 0.379 e. The Balaban J connectivity index is 1.39. The first-order valence-corrected chi connectivity index (χ1v) is 13.9. The zero-order valence-electron chi connectivity index (χ0n) is 21.5. The number of amides is 2. The molecule has 2 heterocycles. The topological polar surface area (TPSA) is 65.5 Å². The van der Waals surface area contributed by atoms with Gasteiger partial charge in [0, 0.05) is 54.7 Å². The summed E-state index contributed by atoms with van der Waals surface area (Å²) in [5.41, 5.74) is 1.74. The molecular weight excluding hydrogens is 507 g/mol. The van der Waals surface area contributed by atoms with Gasteiger partial charge in [-0.1, -0.05) is 60.8 Å². The van der Waals surface area contributed by atoms with Crippen LogP contribution in [-0.2, 0) is 14.3 Å². The predicted octanol–water partition coefficient (Wildman–Crippen LogP) is 4.51. The maximum atomic E-state index is 14.9. The van der Waals surface area contributed by atoms with Crippen LogP contribution in [-0.4, -0.2) is 78.3 Å². The molecule has 0 aromatic heterocycles. The van der Waals surface area contributed by atoms with Gasteiger partial charge in [-0.15, -0.1) is 0 Å². The zero-order chi connectivity index (χ0) is 26.5. The number of benzene rings is 2. The third-order valence-electron chi connectivity index (χ3n) is 7.75. The van der Waals surface area contributed by atoms with Crippen molar-refractivity contribution in [2.75, 3.05) is 45.9 Å². The van der Waals surface area contributed by atoms with Crippen molar-refractivity contribution < 1.29 is 18.7 Å². The number of carbonyl (C=O) groups is 2. The molecule has 2 aromatic carbocycles. The molecule has 2 aromatic rings. The van der Waals surface area contributed by atoms with Crippen LogP contribution in [0.3, 0.4) is 0 Å². The highest BCUT2D eigenvalue weighted by Gasteiger charge is 2.37. The molecular formula is C29H34ClFN4O3. The number of ether oxygens (including phenoxy) is 1. The average Bonchev–Trinajstić information content (AvgIpc) is 3.63. The van der Waals surface area contributed by atoms with Gasteiger partial charge in [-0.05, 0) is 25.0 Å². The number of hydrazone groups is 1. The molecule has 0 unspecified atom stereocenters. The van der Waals surface area contributed by atoms with Crippen molar-refractivity contribution in [3.05, 3.63) is 70.5 Å². The molecule has 2 fully saturated rings. The van der Waals surface area contributed by atoms with Gasteiger partial charge in [0.15, 0.2) is 0 Å². The Kier molecular flexibility index (Phi) is 8.72. The highest BCUT2D eigenvalue weighted by molar-refractivity contribution is 6.34. The van der Waals surface area contributed by atoms with Crippen molar-refractivity contribution in [3.63, 3.8) is 0 Å². The normalized spacial score (nSPS) is 20.5. The molecule has 0 spiro atoms. The van der Waals surface area contributed by atoms with E-state index in [-0.39, 0.29) is 24.3 Å². The van der Waals surface area contributed by atoms with Crippen molar-refractivity contribution in [2.45, 2.75) is 38.1 Å². The minimum atomic E-state index is -0.613. The highest BCUT2D eigenvalue weighted by atomic mass is 35.5. The quantitative estimate of drug-likeness (QED) is 0.494. The van der Waals surface area contributed by atoms with Crippen LogP contribution in [0.5, 0.6) is 0 Å². The Labute approximate surface area is 228 Å². The molecule has 5 rings (SSSR count). The molecule has 38 heavy (non-hydrogen) atoms. The Morgan fingerprint density at radius 1 is 1.05 bits per heavy atom. The summed E-state index contributed by atoms with van der Waals surface area (Å²) in [6, 6.07) is 13.2. The Hall–Kier alpha value is -2.81. The second-order valence-corrected chi connectivity index (χ2v) is 10.6. The van der Waals surface area contributed by atoms with Gasteiger partial charge in [0.2, 0.25) is 5.91 Å². The third-order valence-corrected chi connectivity index (χ3v) is 8.08. The van der Waals surface area contributed by atoms with Crippen LogP contribution < -0.4 is 0 Å². The van der Waals surface area contributed by atoms with Crippen LogP contribution in [0.4, 0.5) is 4.39 Å². The standard InChI is InChI=1S/C29H34ClFN4O3/c30-24-11-5-3-9-22(24)26-19-27(23-10-4-6-12-25(23)31)35(32-26)28(36)20-34(29(37)21-7-1-2-8-21)14-13-33-15-17-38-18-16-33/h3-6,9-12,21,27H,1-2,7-8,13-20H2/t27-/m0/s1. The van der Waals surface area contributed by atoms with Crippen molar-refractivity contribution in [1.29, 1.82) is 0 Å². The van der Waals surface area contributed by atoms with E-state index in [0.29, 0.717) is 49.0 Å². The van der Waals surface area contributed by atoms with E-state index in [0.717, 1.165) is 44.3 Å². The van der Waals surface area contributed by atoms with E-state index in [1.54, 1.807) is 29.2 Å². The second-order valence-electron chi connectivity index (χ2n) is 10.2. The van der Waals surface area contributed by atoms with Crippen LogP contribution >= 0.6 is 11.6 Å². The van der Waals surface area contributed by atoms with Gasteiger partial charge < -0.3 is 9.64 Å². The summed E-state index contributed by atoms with van der Waals surface area (Å²) in [4.78, 5) is 31.3. The van der Waals surface area contributed by atoms with Gasteiger partial charge in [-0.3, -0.25) is 14.5 Å². The first kappa shape index (κ1) is 26.8. The molecule has 1 saturated heterocycles. The SMILES string of the molecule is O=C(C1CCCC1)N(CCN1CCOCC1)CC(=O)N1N=C(c2ccccc2Cl)C[C@H]1c1ccccc1F. The number of morpholine rings is 1. The van der Waals surface area contributed by atoms with Crippen molar-refractivity contribution in [1.82, 2.24) is 14.8 Å². The van der Waals surface area contributed by atoms with Gasteiger partial charge in [-0.2, -0.15) is 5.10 Å². The lowest BCUT2D eigenvalue weighted by atomic mass is 9.98. The smallest absolute Gasteiger partial charge is 0.262 e. The van der Waals surface area contributed by atoms with E-state index in [1.165, 1.54) is 11.1 Å². The first-order valence-electron chi connectivity index (χ1n) is 13.5. The number of rotatable bonds is 8. The molecule has 1 saturated carbocycles. The summed E-state index contributed by atoms with van der Waals surface area (Å²) in [6.45, 7) is 4.02. The number of hydrogen-bond acceptors (Lipinski definition) is 5. The van der Waals surface area contributed by atoms with Crippen molar-refractivity contribution in [3.8, 4) is 0 Å². The Morgan fingerprint density at radius 2 is 1.76 bits per heavy atom. The van der Waals surface area contributed by atoms with Gasteiger partial charge in [-0.25, -0.2) is 9.40 Å². The monoisotopic (exact) mass is 540 g/mol. The summed E-state index contributed by atoms with van der Waals surface area (Å²) in [7, 11) is 0. The van der Waals surface area contributed by atoms with Crippen LogP contribution in [0, 0.1) is 11.7 Å². The molecule has 0 N–H and O–H groups in total. The van der Waals surface area contributed by atoms with E-state index in [1.807, 2.05) is 18.2 Å². The van der Waals surface area contributed by atoms with Crippen LogP contribution in [0.1, 0.15) is 49.3 Å². The van der Waals surface area contributed by atoms with E-state index in [9.17, 15) is 14.0 Å². The van der Waals surface area contributed by atoms with E-state index >= 15 is 0 Å². The second kappa shape index (κ2) is 12.4. The lowest BCUT2D eigenvalue weighted by Crippen LogP contribution is -2.48. The van der Waals surface area contributed by atoms with E-state index < -0.39 is 11.9 Å². The fraction of sp³-hybridized carbons (Fsp3) is 0.483. The number of halogens is 2. The van der Waals surface area contributed by atoms with Gasteiger partial charge >= 0.3 is 0 Å². The van der Waals surface area contributed by atoms with E-state index in [4.69, 9.17) is 16.3 Å². The van der Waals surface area contributed by atoms with Crippen LogP contribution in [0.15, 0.2) is 53.6 Å². The molecule has 2 aliphatic heterocycles. The molecule has 3 aliphatic rings. The summed E-state index contributed by atoms with van der Waals surface area (Å²) in [6.07, 6.45) is 4.12. The first-order chi connectivity index (χ1) is 18.5. The molecule has 1 atom stereocenters. The fourth-order valence-electron chi connectivity index (χ4n) is 5.61. The van der Waals surface area contributed by atoms with Crippen molar-refractivity contribution >= 4 is 29.1 Å². The van der Waals surface area contributed by atoms with Gasteiger partial charge in [0.1, 0.15) is 12.4 Å². The summed E-state index contributed by atoms with van der Waals surface area (Å²) in [5.74, 6) is -0.734. The van der Waals surface area contributed by atoms with E-state index in [2.05, 4.69) is 10.0 Å². The molecule has 0 radical (unpaired) electrons. The molecule has 2 amide bonds. The zero-order valence-corrected chi connectivity index (χ0v) is 22.3. The highest BCUT2D eigenvalue weighted by Crippen LogP contribution is 2.36. The summed E-state index contributed by atoms with van der Waals surface area (Å²) >= 11 is 6.45. The maximum Gasteiger partial charge on any atom is 0.262 e. The molecule has 0 bridgehead atoms.